The Labute approximate surface area is 132 Å². The van der Waals surface area contributed by atoms with Crippen LogP contribution >= 0.6 is 0 Å². The number of hydrogen-bond acceptors (Lipinski definition) is 2. The molecule has 116 valence electrons. The summed E-state index contributed by atoms with van der Waals surface area (Å²) in [6.07, 6.45) is 0.155. The molecule has 0 bridgehead atoms. The number of carbonyl (C=O) groups excluding carboxylic acids is 1. The normalized spacial score (nSPS) is 12.0. The molecule has 0 spiro atoms. The standard InChI is InChI=1S/C19H23NO2/c1-4-20-19(22)18-12-17(14(3)21)11-16(13(18)2)10-15-8-6-5-7-9-15/h5-9,11-12,14,21H,4,10H2,1-3H3,(H,20,22). The van der Waals surface area contributed by atoms with E-state index in [1.807, 2.05) is 38.1 Å². The average Bonchev–Trinajstić information content (AvgIpc) is 2.50. The van der Waals surface area contributed by atoms with E-state index in [-0.39, 0.29) is 5.91 Å². The lowest BCUT2D eigenvalue weighted by Crippen LogP contribution is -2.24. The van der Waals surface area contributed by atoms with Crippen molar-refractivity contribution in [3.05, 3.63) is 70.3 Å². The molecule has 0 aliphatic carbocycles. The maximum atomic E-state index is 12.3. The largest absolute Gasteiger partial charge is 0.389 e. The van der Waals surface area contributed by atoms with Gasteiger partial charge in [-0.05, 0) is 55.5 Å². The first-order chi connectivity index (χ1) is 10.5. The lowest BCUT2D eigenvalue weighted by molar-refractivity contribution is 0.0955. The molecule has 2 rings (SSSR count). The zero-order chi connectivity index (χ0) is 16.1. The van der Waals surface area contributed by atoms with Crippen molar-refractivity contribution in [2.75, 3.05) is 6.54 Å². The van der Waals surface area contributed by atoms with Crippen LogP contribution in [0.3, 0.4) is 0 Å². The van der Waals surface area contributed by atoms with Gasteiger partial charge in [-0.3, -0.25) is 4.79 Å². The van der Waals surface area contributed by atoms with Crippen molar-refractivity contribution in [1.82, 2.24) is 5.32 Å². The van der Waals surface area contributed by atoms with E-state index in [1.54, 1.807) is 13.0 Å². The van der Waals surface area contributed by atoms with Crippen LogP contribution in [0.15, 0.2) is 42.5 Å². The van der Waals surface area contributed by atoms with E-state index >= 15 is 0 Å². The number of amides is 1. The molecule has 2 aromatic rings. The minimum atomic E-state index is -0.594. The van der Waals surface area contributed by atoms with E-state index in [2.05, 4.69) is 17.4 Å². The molecule has 1 amide bonds. The second-order valence-electron chi connectivity index (χ2n) is 5.55. The predicted octanol–water partition coefficient (Wildman–Crippen LogP) is 3.39. The van der Waals surface area contributed by atoms with E-state index in [0.29, 0.717) is 12.1 Å². The molecule has 0 aromatic heterocycles. The summed E-state index contributed by atoms with van der Waals surface area (Å²) >= 11 is 0. The molecule has 0 saturated carbocycles. The summed E-state index contributed by atoms with van der Waals surface area (Å²) in [6, 6.07) is 13.9. The van der Waals surface area contributed by atoms with Gasteiger partial charge in [0.25, 0.3) is 5.91 Å². The van der Waals surface area contributed by atoms with Gasteiger partial charge in [-0.25, -0.2) is 0 Å². The molecule has 22 heavy (non-hydrogen) atoms. The van der Waals surface area contributed by atoms with Crippen LogP contribution in [0.2, 0.25) is 0 Å². The minimum Gasteiger partial charge on any atom is -0.389 e. The van der Waals surface area contributed by atoms with Crippen LogP contribution in [-0.4, -0.2) is 17.6 Å². The van der Waals surface area contributed by atoms with Crippen LogP contribution in [-0.2, 0) is 6.42 Å². The Hall–Kier alpha value is -2.13. The number of hydrogen-bond donors (Lipinski definition) is 2. The van der Waals surface area contributed by atoms with Crippen LogP contribution in [0.1, 0.15) is 52.6 Å². The van der Waals surface area contributed by atoms with Gasteiger partial charge in [-0.2, -0.15) is 0 Å². The number of carbonyl (C=O) groups is 1. The van der Waals surface area contributed by atoms with Gasteiger partial charge in [0.15, 0.2) is 0 Å². The fourth-order valence-electron chi connectivity index (χ4n) is 2.53. The van der Waals surface area contributed by atoms with E-state index in [0.717, 1.165) is 23.1 Å². The monoisotopic (exact) mass is 297 g/mol. The minimum absolute atomic E-state index is 0.0863. The molecule has 0 aliphatic rings. The molecule has 3 nitrogen and oxygen atoms in total. The molecule has 0 radical (unpaired) electrons. The van der Waals surface area contributed by atoms with E-state index in [4.69, 9.17) is 0 Å². The Morgan fingerprint density at radius 1 is 1.23 bits per heavy atom. The molecule has 1 atom stereocenters. The van der Waals surface area contributed by atoms with Crippen LogP contribution in [0.5, 0.6) is 0 Å². The first-order valence-corrected chi connectivity index (χ1v) is 7.66. The average molecular weight is 297 g/mol. The quantitative estimate of drug-likeness (QED) is 0.888. The highest BCUT2D eigenvalue weighted by atomic mass is 16.3. The van der Waals surface area contributed by atoms with Crippen molar-refractivity contribution in [2.24, 2.45) is 0 Å². The van der Waals surface area contributed by atoms with Gasteiger partial charge in [-0.15, -0.1) is 0 Å². The summed E-state index contributed by atoms with van der Waals surface area (Å²) in [5.41, 5.74) is 4.66. The van der Waals surface area contributed by atoms with Gasteiger partial charge >= 0.3 is 0 Å². The Morgan fingerprint density at radius 3 is 2.50 bits per heavy atom. The summed E-state index contributed by atoms with van der Waals surface area (Å²) in [4.78, 5) is 12.3. The summed E-state index contributed by atoms with van der Waals surface area (Å²) < 4.78 is 0. The number of aliphatic hydroxyl groups excluding tert-OH is 1. The highest BCUT2D eigenvalue weighted by Gasteiger charge is 2.15. The lowest BCUT2D eigenvalue weighted by atomic mass is 9.92. The van der Waals surface area contributed by atoms with Crippen LogP contribution in [0.4, 0.5) is 0 Å². The van der Waals surface area contributed by atoms with Crippen molar-refractivity contribution in [2.45, 2.75) is 33.3 Å². The molecule has 0 fully saturated rings. The topological polar surface area (TPSA) is 49.3 Å². The molecule has 3 heteroatoms. The molecule has 2 aromatic carbocycles. The number of rotatable bonds is 5. The van der Waals surface area contributed by atoms with Crippen molar-refractivity contribution in [3.8, 4) is 0 Å². The van der Waals surface area contributed by atoms with Gasteiger partial charge in [0.2, 0.25) is 0 Å². The molecular weight excluding hydrogens is 274 g/mol. The zero-order valence-electron chi connectivity index (χ0n) is 13.4. The fraction of sp³-hybridized carbons (Fsp3) is 0.316. The molecule has 1 unspecified atom stereocenters. The van der Waals surface area contributed by atoms with Crippen molar-refractivity contribution in [3.63, 3.8) is 0 Å². The Kier molecular flexibility index (Phi) is 5.34. The highest BCUT2D eigenvalue weighted by molar-refractivity contribution is 5.96. The number of aliphatic hydroxyl groups is 1. The van der Waals surface area contributed by atoms with Crippen LogP contribution in [0, 0.1) is 6.92 Å². The van der Waals surface area contributed by atoms with E-state index in [9.17, 15) is 9.90 Å². The number of benzene rings is 2. The SMILES string of the molecule is CCNC(=O)c1cc(C(C)O)cc(Cc2ccccc2)c1C. The van der Waals surface area contributed by atoms with Gasteiger partial charge in [0, 0.05) is 12.1 Å². The van der Waals surface area contributed by atoms with Gasteiger partial charge in [0.05, 0.1) is 6.10 Å². The van der Waals surface area contributed by atoms with Crippen molar-refractivity contribution in [1.29, 1.82) is 0 Å². The van der Waals surface area contributed by atoms with Crippen LogP contribution < -0.4 is 5.32 Å². The fourth-order valence-corrected chi connectivity index (χ4v) is 2.53. The zero-order valence-corrected chi connectivity index (χ0v) is 13.4. The van der Waals surface area contributed by atoms with Crippen molar-refractivity contribution >= 4 is 5.91 Å². The summed E-state index contributed by atoms with van der Waals surface area (Å²) in [5.74, 6) is -0.0863. The van der Waals surface area contributed by atoms with Gasteiger partial charge < -0.3 is 10.4 Å². The lowest BCUT2D eigenvalue weighted by Gasteiger charge is -2.16. The summed E-state index contributed by atoms with van der Waals surface area (Å²) in [5, 5.41) is 12.7. The van der Waals surface area contributed by atoms with Gasteiger partial charge in [-0.1, -0.05) is 36.4 Å². The predicted molar refractivity (Wildman–Crippen MR) is 89.1 cm³/mol. The molecule has 0 aliphatic heterocycles. The van der Waals surface area contributed by atoms with E-state index < -0.39 is 6.10 Å². The van der Waals surface area contributed by atoms with E-state index in [1.165, 1.54) is 5.56 Å². The molecule has 0 heterocycles. The highest BCUT2D eigenvalue weighted by Crippen LogP contribution is 2.24. The van der Waals surface area contributed by atoms with Gasteiger partial charge in [0.1, 0.15) is 0 Å². The maximum absolute atomic E-state index is 12.3. The first kappa shape index (κ1) is 16.2. The second kappa shape index (κ2) is 7.23. The molecule has 0 saturated heterocycles. The third kappa shape index (κ3) is 3.74. The third-order valence-electron chi connectivity index (χ3n) is 3.84. The first-order valence-electron chi connectivity index (χ1n) is 7.66. The Balaban J connectivity index is 2.45. The summed E-state index contributed by atoms with van der Waals surface area (Å²) in [7, 11) is 0. The molecule has 2 N–H and O–H groups in total. The number of nitrogens with one attached hydrogen (secondary N) is 1. The summed E-state index contributed by atoms with van der Waals surface area (Å²) in [6.45, 7) is 6.18. The Morgan fingerprint density at radius 2 is 1.91 bits per heavy atom. The van der Waals surface area contributed by atoms with Crippen molar-refractivity contribution < 1.29 is 9.90 Å². The molecular formula is C19H23NO2. The smallest absolute Gasteiger partial charge is 0.251 e. The van der Waals surface area contributed by atoms with Crippen LogP contribution in [0.25, 0.3) is 0 Å². The second-order valence-corrected chi connectivity index (χ2v) is 5.55. The third-order valence-corrected chi connectivity index (χ3v) is 3.84. The Bertz CT molecular complexity index is 648. The maximum Gasteiger partial charge on any atom is 0.251 e.